The third-order valence-corrected chi connectivity index (χ3v) is 19.6. The predicted molar refractivity (Wildman–Crippen MR) is 391 cm³/mol. The summed E-state index contributed by atoms with van der Waals surface area (Å²) >= 11 is 0. The fraction of sp³-hybridized carbons (Fsp3) is 0.896. The zero-order valence-electron chi connectivity index (χ0n) is 62.2. The highest BCUT2D eigenvalue weighted by molar-refractivity contribution is 7.47. The van der Waals surface area contributed by atoms with Crippen molar-refractivity contribution in [2.75, 3.05) is 39.6 Å². The minimum Gasteiger partial charge on any atom is -0.462 e. The normalized spacial score (nSPS) is 14.4. The van der Waals surface area contributed by atoms with E-state index in [1.165, 1.54) is 167 Å². The summed E-state index contributed by atoms with van der Waals surface area (Å²) in [5, 5.41) is 10.6. The van der Waals surface area contributed by atoms with Gasteiger partial charge < -0.3 is 33.8 Å². The quantitative estimate of drug-likeness (QED) is 0.0169. The summed E-state index contributed by atoms with van der Waals surface area (Å²) in [5.74, 6) is -0.564. The first kappa shape index (κ1) is 93.5. The summed E-state index contributed by atoms with van der Waals surface area (Å²) in [6.07, 6.45) is 59.3. The van der Waals surface area contributed by atoms with Crippen LogP contribution in [0.2, 0.25) is 0 Å². The molecule has 0 bridgehead atoms. The number of esters is 4. The van der Waals surface area contributed by atoms with E-state index >= 15 is 0 Å². The van der Waals surface area contributed by atoms with Gasteiger partial charge in [-0.1, -0.05) is 323 Å². The van der Waals surface area contributed by atoms with Gasteiger partial charge in [0.25, 0.3) is 0 Å². The van der Waals surface area contributed by atoms with Crippen molar-refractivity contribution in [2.24, 2.45) is 11.8 Å². The number of phosphoric acid groups is 2. The van der Waals surface area contributed by atoms with Gasteiger partial charge in [0.05, 0.1) is 26.4 Å². The second-order valence-corrected chi connectivity index (χ2v) is 30.7. The molecule has 0 amide bonds. The SMILES string of the molecule is CCCCCC/C=C\C=C/CCCCCCCC(=O)OC[C@H](COP(=O)(O)OC[C@@H](O)COP(=O)(O)OC[C@@H](COC(=O)CCCCCCCCCC)OC(=O)CCCCCCCCCCC(C)C)OC(=O)CCCCCCCCCCCCCCCCCCCCC(C)CC. The maximum Gasteiger partial charge on any atom is 0.472 e. The molecule has 566 valence electrons. The number of phosphoric ester groups is 2. The molecule has 0 aliphatic rings. The third kappa shape index (κ3) is 68.7. The van der Waals surface area contributed by atoms with Gasteiger partial charge in [-0.2, -0.15) is 0 Å². The predicted octanol–water partition coefficient (Wildman–Crippen LogP) is 22.3. The van der Waals surface area contributed by atoms with Gasteiger partial charge in [0.2, 0.25) is 0 Å². The first-order valence-electron chi connectivity index (χ1n) is 39.3. The largest absolute Gasteiger partial charge is 0.472 e. The average Bonchev–Trinajstić information content (AvgIpc) is 2.02. The van der Waals surface area contributed by atoms with Gasteiger partial charge in [0.1, 0.15) is 19.3 Å². The Kier molecular flexibility index (Phi) is 66.6. The molecule has 0 heterocycles. The van der Waals surface area contributed by atoms with E-state index in [1.807, 2.05) is 0 Å². The molecule has 0 aliphatic heterocycles. The number of aliphatic hydroxyl groups is 1. The number of carbonyl (C=O) groups excluding carboxylic acids is 4. The molecule has 0 radical (unpaired) electrons. The molecule has 17 nitrogen and oxygen atoms in total. The Balaban J connectivity index is 5.20. The molecule has 0 rings (SSSR count). The van der Waals surface area contributed by atoms with Gasteiger partial charge in [-0.25, -0.2) is 9.13 Å². The number of hydrogen-bond acceptors (Lipinski definition) is 15. The summed E-state index contributed by atoms with van der Waals surface area (Å²) in [5.41, 5.74) is 0. The second kappa shape index (κ2) is 68.3. The summed E-state index contributed by atoms with van der Waals surface area (Å²) in [4.78, 5) is 72.7. The zero-order chi connectivity index (χ0) is 70.7. The molecule has 6 atom stereocenters. The van der Waals surface area contributed by atoms with Crippen molar-refractivity contribution in [1.29, 1.82) is 0 Å². The van der Waals surface area contributed by atoms with Gasteiger partial charge in [-0.15, -0.1) is 0 Å². The van der Waals surface area contributed by atoms with E-state index in [4.69, 9.17) is 37.0 Å². The van der Waals surface area contributed by atoms with Gasteiger partial charge >= 0.3 is 39.5 Å². The maximum absolute atomic E-state index is 13.1. The molecule has 0 aromatic heterocycles. The van der Waals surface area contributed by atoms with Crippen molar-refractivity contribution in [3.63, 3.8) is 0 Å². The standard InChI is InChI=1S/C77H146O17P2/c1-7-10-12-14-16-18-19-20-25-29-32-35-42-48-54-60-75(80)88-66-73(93-76(81)61-55-49-43-36-33-30-27-24-22-21-23-26-28-31-34-40-46-52-58-70(6)9-3)68-92-96(85,86)90-64-71(78)63-89-95(83,84)91-67-72(65-87-74(79)59-53-47-41-17-15-13-11-8-2)94-77(82)62-56-50-44-38-37-39-45-51-57-69(4)5/h18-20,25,69-73,78H,7-17,21-24,26-68H2,1-6H3,(H,83,84)(H,85,86)/b19-18-,25-20-/t70?,71-,72+,73+/m0/s1. The van der Waals surface area contributed by atoms with Crippen molar-refractivity contribution < 1.29 is 80.2 Å². The molecule has 0 aromatic carbocycles. The van der Waals surface area contributed by atoms with Gasteiger partial charge in [-0.3, -0.25) is 37.3 Å². The van der Waals surface area contributed by atoms with Crippen LogP contribution in [0.3, 0.4) is 0 Å². The fourth-order valence-corrected chi connectivity index (χ4v) is 12.8. The molecule has 0 aromatic rings. The number of hydrogen-bond donors (Lipinski definition) is 3. The highest BCUT2D eigenvalue weighted by Gasteiger charge is 2.30. The zero-order valence-corrected chi connectivity index (χ0v) is 63.9. The number of carbonyl (C=O) groups is 4. The van der Waals surface area contributed by atoms with Crippen LogP contribution in [0.15, 0.2) is 24.3 Å². The lowest BCUT2D eigenvalue weighted by molar-refractivity contribution is -0.161. The monoisotopic (exact) mass is 1410 g/mol. The molecule has 0 saturated carbocycles. The molecule has 3 N–H and O–H groups in total. The lowest BCUT2D eigenvalue weighted by atomic mass is 9.99. The number of rotatable bonds is 74. The van der Waals surface area contributed by atoms with Crippen LogP contribution < -0.4 is 0 Å². The molecule has 19 heteroatoms. The molecular weight excluding hydrogens is 1260 g/mol. The summed E-state index contributed by atoms with van der Waals surface area (Å²) in [7, 11) is -9.92. The van der Waals surface area contributed by atoms with Crippen LogP contribution in [-0.2, 0) is 65.4 Å². The Hall–Kier alpha value is -2.46. The fourth-order valence-electron chi connectivity index (χ4n) is 11.3. The van der Waals surface area contributed by atoms with Crippen LogP contribution in [0.25, 0.3) is 0 Å². The average molecular weight is 1410 g/mol. The van der Waals surface area contributed by atoms with E-state index in [0.717, 1.165) is 127 Å². The molecule has 3 unspecified atom stereocenters. The number of ether oxygens (including phenoxy) is 4. The van der Waals surface area contributed by atoms with Crippen molar-refractivity contribution in [3.8, 4) is 0 Å². The lowest BCUT2D eigenvalue weighted by Crippen LogP contribution is -2.30. The Morgan fingerprint density at radius 1 is 0.344 bits per heavy atom. The molecule has 96 heavy (non-hydrogen) atoms. The van der Waals surface area contributed by atoms with Crippen molar-refractivity contribution in [1.82, 2.24) is 0 Å². The molecule has 0 fully saturated rings. The summed E-state index contributed by atoms with van der Waals surface area (Å²) in [6.45, 7) is 9.52. The summed E-state index contributed by atoms with van der Waals surface area (Å²) in [6, 6.07) is 0. The number of unbranched alkanes of at least 4 members (excludes halogenated alkanes) is 40. The Bertz CT molecular complexity index is 1950. The van der Waals surface area contributed by atoms with E-state index in [1.54, 1.807) is 0 Å². The maximum atomic E-state index is 13.1. The van der Waals surface area contributed by atoms with Crippen LogP contribution in [0.4, 0.5) is 0 Å². The molecular formula is C77H146O17P2. The van der Waals surface area contributed by atoms with Crippen molar-refractivity contribution in [2.45, 2.75) is 394 Å². The van der Waals surface area contributed by atoms with Gasteiger partial charge in [0, 0.05) is 25.7 Å². The first-order chi connectivity index (χ1) is 46.4. The van der Waals surface area contributed by atoms with E-state index < -0.39 is 97.5 Å². The van der Waals surface area contributed by atoms with Crippen LogP contribution in [0.5, 0.6) is 0 Å². The minimum absolute atomic E-state index is 0.101. The third-order valence-electron chi connectivity index (χ3n) is 17.7. The van der Waals surface area contributed by atoms with E-state index in [9.17, 15) is 43.2 Å². The van der Waals surface area contributed by atoms with Crippen LogP contribution in [-0.4, -0.2) is 96.7 Å². The highest BCUT2D eigenvalue weighted by Crippen LogP contribution is 2.45. The second-order valence-electron chi connectivity index (χ2n) is 27.8. The molecule has 0 aliphatic carbocycles. The van der Waals surface area contributed by atoms with E-state index in [2.05, 4.69) is 65.8 Å². The lowest BCUT2D eigenvalue weighted by Gasteiger charge is -2.21. The molecule has 0 saturated heterocycles. The minimum atomic E-state index is -4.96. The molecule has 0 spiro atoms. The Morgan fingerprint density at radius 2 is 0.615 bits per heavy atom. The smallest absolute Gasteiger partial charge is 0.462 e. The van der Waals surface area contributed by atoms with Crippen molar-refractivity contribution >= 4 is 39.5 Å². The highest BCUT2D eigenvalue weighted by atomic mass is 31.2. The summed E-state index contributed by atoms with van der Waals surface area (Å²) < 4.78 is 68.4. The Labute approximate surface area is 586 Å². The van der Waals surface area contributed by atoms with E-state index in [-0.39, 0.29) is 25.7 Å². The van der Waals surface area contributed by atoms with Crippen LogP contribution in [0.1, 0.15) is 375 Å². The number of aliphatic hydroxyl groups excluding tert-OH is 1. The van der Waals surface area contributed by atoms with Crippen LogP contribution in [0, 0.1) is 11.8 Å². The first-order valence-corrected chi connectivity index (χ1v) is 42.3. The van der Waals surface area contributed by atoms with Gasteiger partial charge in [-0.05, 0) is 63.2 Å². The number of allylic oxidation sites excluding steroid dienone is 4. The van der Waals surface area contributed by atoms with Crippen LogP contribution >= 0.6 is 15.6 Å². The van der Waals surface area contributed by atoms with Crippen molar-refractivity contribution in [3.05, 3.63) is 24.3 Å². The Morgan fingerprint density at radius 3 is 0.938 bits per heavy atom. The van der Waals surface area contributed by atoms with Gasteiger partial charge in [0.15, 0.2) is 12.2 Å². The van der Waals surface area contributed by atoms with E-state index in [0.29, 0.717) is 25.7 Å². The topological polar surface area (TPSA) is 237 Å².